The van der Waals surface area contributed by atoms with Crippen LogP contribution in [0.25, 0.3) is 0 Å². The molecule has 0 bridgehead atoms. The Bertz CT molecular complexity index is 264. The first kappa shape index (κ1) is 15.9. The summed E-state index contributed by atoms with van der Waals surface area (Å²) in [5, 5.41) is 10.1. The average Bonchev–Trinajstić information content (AvgIpc) is 2.39. The first-order valence-electron chi connectivity index (χ1n) is 6.65. The van der Waals surface area contributed by atoms with Gasteiger partial charge in [-0.15, -0.1) is 0 Å². The fourth-order valence-corrected chi connectivity index (χ4v) is 1.94. The Morgan fingerprint density at radius 3 is 2.06 bits per heavy atom. The lowest BCUT2D eigenvalue weighted by molar-refractivity contribution is -0.137. The van der Waals surface area contributed by atoms with Gasteiger partial charge in [-0.25, -0.2) is 0 Å². The summed E-state index contributed by atoms with van der Waals surface area (Å²) in [5.74, 6) is 0. The molecule has 1 heterocycles. The second-order valence-electron chi connectivity index (χ2n) is 6.99. The largest absolute Gasteiger partial charge is 0.388 e. The van der Waals surface area contributed by atoms with Crippen LogP contribution in [0.5, 0.6) is 0 Å². The first-order valence-corrected chi connectivity index (χ1v) is 6.65. The molecule has 1 aliphatic rings. The first-order chi connectivity index (χ1) is 7.99. The lowest BCUT2D eigenvalue weighted by atomic mass is 10.1. The van der Waals surface area contributed by atoms with E-state index in [1.54, 1.807) is 0 Å². The van der Waals surface area contributed by atoms with Crippen molar-refractivity contribution in [3.05, 3.63) is 0 Å². The summed E-state index contributed by atoms with van der Waals surface area (Å²) in [4.78, 5) is 0. The molecule has 0 aromatic heterocycles. The molecular formula is C14H28O4. The highest BCUT2D eigenvalue weighted by molar-refractivity contribution is 4.91. The standard InChI is InChI=1S/C14H28O4/c1-9-11(15)12(18-14(5,6)7)10(17-9)8-16-13(2,3)4/h9-12,15H,8H2,1-7H3/t9-,10+,11-,12?/m0/s1. The molecule has 0 aromatic rings. The molecule has 1 aliphatic heterocycles. The van der Waals surface area contributed by atoms with Gasteiger partial charge in [-0.3, -0.25) is 0 Å². The van der Waals surface area contributed by atoms with Crippen LogP contribution in [0.15, 0.2) is 0 Å². The van der Waals surface area contributed by atoms with Crippen LogP contribution in [-0.2, 0) is 14.2 Å². The van der Waals surface area contributed by atoms with Crippen LogP contribution in [-0.4, -0.2) is 47.3 Å². The summed E-state index contributed by atoms with van der Waals surface area (Å²) < 4.78 is 17.4. The second kappa shape index (κ2) is 5.45. The molecule has 4 atom stereocenters. The highest BCUT2D eigenvalue weighted by Crippen LogP contribution is 2.28. The van der Waals surface area contributed by atoms with E-state index in [0.717, 1.165) is 0 Å². The Labute approximate surface area is 111 Å². The SMILES string of the molecule is C[C@@H]1O[C@H](COC(C)(C)C)C(OC(C)(C)C)[C@H]1O. The normalized spacial score (nSPS) is 34.0. The Morgan fingerprint density at radius 1 is 1.06 bits per heavy atom. The molecule has 0 spiro atoms. The van der Waals surface area contributed by atoms with E-state index >= 15 is 0 Å². The highest BCUT2D eigenvalue weighted by atomic mass is 16.6. The fraction of sp³-hybridized carbons (Fsp3) is 1.00. The van der Waals surface area contributed by atoms with Crippen LogP contribution in [0.1, 0.15) is 48.5 Å². The van der Waals surface area contributed by atoms with Crippen LogP contribution < -0.4 is 0 Å². The van der Waals surface area contributed by atoms with Crippen molar-refractivity contribution in [1.29, 1.82) is 0 Å². The van der Waals surface area contributed by atoms with Crippen molar-refractivity contribution in [1.82, 2.24) is 0 Å². The minimum atomic E-state index is -0.599. The quantitative estimate of drug-likeness (QED) is 0.844. The monoisotopic (exact) mass is 260 g/mol. The lowest BCUT2D eigenvalue weighted by Crippen LogP contribution is -2.42. The molecule has 108 valence electrons. The molecule has 4 nitrogen and oxygen atoms in total. The molecule has 1 unspecified atom stereocenters. The fourth-order valence-electron chi connectivity index (χ4n) is 1.94. The zero-order valence-corrected chi connectivity index (χ0v) is 12.7. The van der Waals surface area contributed by atoms with Gasteiger partial charge in [-0.2, -0.15) is 0 Å². The van der Waals surface area contributed by atoms with Gasteiger partial charge in [-0.1, -0.05) is 0 Å². The third kappa shape index (κ3) is 4.84. The number of rotatable bonds is 3. The highest BCUT2D eigenvalue weighted by Gasteiger charge is 2.44. The van der Waals surface area contributed by atoms with Crippen LogP contribution >= 0.6 is 0 Å². The van der Waals surface area contributed by atoms with Crippen LogP contribution in [0.4, 0.5) is 0 Å². The van der Waals surface area contributed by atoms with Gasteiger partial charge in [0.2, 0.25) is 0 Å². The van der Waals surface area contributed by atoms with Crippen molar-refractivity contribution in [2.45, 2.75) is 84.1 Å². The minimum Gasteiger partial charge on any atom is -0.388 e. The maximum absolute atomic E-state index is 10.1. The van der Waals surface area contributed by atoms with Gasteiger partial charge in [0.05, 0.1) is 23.9 Å². The van der Waals surface area contributed by atoms with Crippen molar-refractivity contribution in [2.75, 3.05) is 6.61 Å². The Morgan fingerprint density at radius 2 is 1.61 bits per heavy atom. The van der Waals surface area contributed by atoms with E-state index in [-0.39, 0.29) is 29.5 Å². The Hall–Kier alpha value is -0.160. The van der Waals surface area contributed by atoms with E-state index in [1.807, 2.05) is 48.5 Å². The van der Waals surface area contributed by atoms with Gasteiger partial charge in [-0.05, 0) is 48.5 Å². The molecule has 4 heteroatoms. The Balaban J connectivity index is 2.64. The maximum atomic E-state index is 10.1. The molecule has 18 heavy (non-hydrogen) atoms. The topological polar surface area (TPSA) is 47.9 Å². The van der Waals surface area contributed by atoms with Gasteiger partial charge in [0.25, 0.3) is 0 Å². The van der Waals surface area contributed by atoms with Crippen molar-refractivity contribution in [3.8, 4) is 0 Å². The van der Waals surface area contributed by atoms with E-state index in [4.69, 9.17) is 14.2 Å². The molecule has 0 aliphatic carbocycles. The van der Waals surface area contributed by atoms with Crippen LogP contribution in [0, 0.1) is 0 Å². The van der Waals surface area contributed by atoms with Crippen molar-refractivity contribution in [3.63, 3.8) is 0 Å². The van der Waals surface area contributed by atoms with Gasteiger partial charge in [0.1, 0.15) is 18.3 Å². The molecule has 0 radical (unpaired) electrons. The van der Waals surface area contributed by atoms with E-state index < -0.39 is 6.10 Å². The second-order valence-corrected chi connectivity index (χ2v) is 6.99. The smallest absolute Gasteiger partial charge is 0.115 e. The summed E-state index contributed by atoms with van der Waals surface area (Å²) in [6, 6.07) is 0. The number of hydrogen-bond donors (Lipinski definition) is 1. The summed E-state index contributed by atoms with van der Waals surface area (Å²) in [6.07, 6.45) is -1.36. The van der Waals surface area contributed by atoms with E-state index in [9.17, 15) is 5.11 Å². The zero-order valence-electron chi connectivity index (χ0n) is 12.7. The average molecular weight is 260 g/mol. The number of ether oxygens (including phenoxy) is 3. The zero-order chi connectivity index (χ0) is 14.1. The molecule has 1 fully saturated rings. The lowest BCUT2D eigenvalue weighted by Gasteiger charge is -2.30. The molecule has 1 rings (SSSR count). The minimum absolute atomic E-state index is 0.214. The van der Waals surface area contributed by atoms with Crippen molar-refractivity contribution in [2.24, 2.45) is 0 Å². The summed E-state index contributed by atoms with van der Waals surface area (Å²) >= 11 is 0. The van der Waals surface area contributed by atoms with E-state index in [0.29, 0.717) is 6.61 Å². The molecule has 0 saturated carbocycles. The van der Waals surface area contributed by atoms with Gasteiger partial charge >= 0.3 is 0 Å². The molecule has 1 saturated heterocycles. The predicted molar refractivity (Wildman–Crippen MR) is 70.7 cm³/mol. The molecule has 0 amide bonds. The third-order valence-corrected chi connectivity index (χ3v) is 2.74. The van der Waals surface area contributed by atoms with E-state index in [1.165, 1.54) is 0 Å². The third-order valence-electron chi connectivity index (χ3n) is 2.74. The summed E-state index contributed by atoms with van der Waals surface area (Å²) in [7, 11) is 0. The molecular weight excluding hydrogens is 232 g/mol. The van der Waals surface area contributed by atoms with E-state index in [2.05, 4.69) is 0 Å². The maximum Gasteiger partial charge on any atom is 0.115 e. The van der Waals surface area contributed by atoms with Gasteiger partial charge < -0.3 is 19.3 Å². The summed E-state index contributed by atoms with van der Waals surface area (Å²) in [5.41, 5.74) is -0.522. The molecule has 1 N–H and O–H groups in total. The van der Waals surface area contributed by atoms with Crippen molar-refractivity contribution < 1.29 is 19.3 Å². The van der Waals surface area contributed by atoms with Crippen LogP contribution in [0.3, 0.4) is 0 Å². The number of aliphatic hydroxyl groups excluding tert-OH is 1. The van der Waals surface area contributed by atoms with Crippen LogP contribution in [0.2, 0.25) is 0 Å². The van der Waals surface area contributed by atoms with Gasteiger partial charge in [0.15, 0.2) is 0 Å². The molecule has 0 aromatic carbocycles. The Kier molecular flexibility index (Phi) is 4.81. The van der Waals surface area contributed by atoms with Gasteiger partial charge in [0, 0.05) is 0 Å². The summed E-state index contributed by atoms with van der Waals surface area (Å²) in [6.45, 7) is 14.2. The van der Waals surface area contributed by atoms with Crippen molar-refractivity contribution >= 4 is 0 Å². The number of hydrogen-bond acceptors (Lipinski definition) is 4. The number of aliphatic hydroxyl groups is 1. The predicted octanol–water partition coefficient (Wildman–Crippen LogP) is 2.13.